The average molecular weight is 519 g/mol. The molecule has 0 aromatic heterocycles. The molecule has 0 heterocycles. The van der Waals surface area contributed by atoms with Gasteiger partial charge in [0.25, 0.3) is 0 Å². The number of carboxylic acid groups (broad SMARTS) is 1. The number of amides is 3. The molecule has 0 saturated heterocycles. The number of hydrogen-bond donors (Lipinski definition) is 3. The highest BCUT2D eigenvalue weighted by Crippen LogP contribution is 2.12. The van der Waals surface area contributed by atoms with E-state index in [-0.39, 0.29) is 13.1 Å². The molecule has 3 amide bonds. The van der Waals surface area contributed by atoms with Crippen molar-refractivity contribution in [3.05, 3.63) is 0 Å². The number of nitrogens with one attached hydrogen (secondary N) is 1. The fourth-order valence-corrected chi connectivity index (χ4v) is 2.54. The average Bonchev–Trinajstić information content (AvgIpc) is 2.61. The van der Waals surface area contributed by atoms with E-state index in [2.05, 4.69) is 5.32 Å². The monoisotopic (exact) mass is 518 g/mol. The summed E-state index contributed by atoms with van der Waals surface area (Å²) < 4.78 is 15.7. The van der Waals surface area contributed by atoms with Gasteiger partial charge < -0.3 is 35.3 Å². The van der Waals surface area contributed by atoms with Crippen LogP contribution < -0.4 is 11.1 Å². The van der Waals surface area contributed by atoms with E-state index in [0.29, 0.717) is 0 Å². The van der Waals surface area contributed by atoms with Gasteiger partial charge in [0.2, 0.25) is 5.91 Å². The molecule has 0 aliphatic carbocycles. The first-order valence-electron chi connectivity index (χ1n) is 11.5. The molecule has 0 rings (SSSR count). The first-order valence-corrected chi connectivity index (χ1v) is 11.5. The van der Waals surface area contributed by atoms with E-state index in [1.165, 1.54) is 0 Å². The van der Waals surface area contributed by atoms with Crippen LogP contribution in [0.4, 0.5) is 9.59 Å². The number of carbonyl (C=O) groups excluding carboxylic acids is 4. The van der Waals surface area contributed by atoms with Crippen LogP contribution in [0, 0.1) is 0 Å². The minimum atomic E-state index is -1.34. The Hall–Kier alpha value is -3.09. The summed E-state index contributed by atoms with van der Waals surface area (Å²) in [5.41, 5.74) is 3.41. The summed E-state index contributed by atoms with van der Waals surface area (Å²) in [6.45, 7) is 12.9. The second kappa shape index (κ2) is 13.3. The van der Waals surface area contributed by atoms with Gasteiger partial charge in [-0.25, -0.2) is 9.59 Å². The molecule has 1 atom stereocenters. The van der Waals surface area contributed by atoms with Crippen molar-refractivity contribution in [1.29, 1.82) is 0 Å². The molecule has 13 heteroatoms. The van der Waals surface area contributed by atoms with E-state index >= 15 is 0 Å². The summed E-state index contributed by atoms with van der Waals surface area (Å²) in [4.78, 5) is 63.0. The van der Waals surface area contributed by atoms with Gasteiger partial charge in [-0.05, 0) is 62.3 Å². The van der Waals surface area contributed by atoms with Gasteiger partial charge in [-0.2, -0.15) is 0 Å². The van der Waals surface area contributed by atoms with E-state index < -0.39 is 72.5 Å². The molecule has 0 fully saturated rings. The van der Waals surface area contributed by atoms with Crippen LogP contribution in [0.5, 0.6) is 0 Å². The standard InChI is InChI=1S/C23H42N4O9/c1-21(2,3)34-18(31)15(24)12-27(14-17(29)30)16(28)13-26(20(33)36-23(7,8)9)11-10-25-19(32)35-22(4,5)6/h15H,10-14,24H2,1-9H3,(H,25,32)(H,29,30). The highest BCUT2D eigenvalue weighted by atomic mass is 16.6. The molecule has 0 aromatic rings. The third-order valence-corrected chi connectivity index (χ3v) is 3.83. The van der Waals surface area contributed by atoms with Gasteiger partial charge in [0.1, 0.15) is 35.9 Å². The molecular formula is C23H42N4O9. The molecule has 0 aliphatic heterocycles. The van der Waals surface area contributed by atoms with E-state index in [1.807, 2.05) is 0 Å². The van der Waals surface area contributed by atoms with Crippen molar-refractivity contribution in [2.24, 2.45) is 5.73 Å². The van der Waals surface area contributed by atoms with Gasteiger partial charge in [-0.3, -0.25) is 19.3 Å². The van der Waals surface area contributed by atoms with E-state index in [1.54, 1.807) is 62.3 Å². The van der Waals surface area contributed by atoms with Gasteiger partial charge in [-0.15, -0.1) is 0 Å². The zero-order valence-corrected chi connectivity index (χ0v) is 22.8. The molecule has 13 nitrogen and oxygen atoms in total. The minimum Gasteiger partial charge on any atom is -0.480 e. The lowest BCUT2D eigenvalue weighted by atomic mass is 10.2. The number of aliphatic carboxylic acids is 1. The van der Waals surface area contributed by atoms with Crippen LogP contribution >= 0.6 is 0 Å². The largest absolute Gasteiger partial charge is 0.480 e. The zero-order chi connectivity index (χ0) is 28.5. The smallest absolute Gasteiger partial charge is 0.410 e. The maximum atomic E-state index is 13.0. The second-order valence-corrected chi connectivity index (χ2v) is 11.1. The fourth-order valence-electron chi connectivity index (χ4n) is 2.54. The highest BCUT2D eigenvalue weighted by molar-refractivity contribution is 5.86. The Bertz CT molecular complexity index is 795. The number of carbonyl (C=O) groups is 5. The summed E-state index contributed by atoms with van der Waals surface area (Å²) in [6, 6.07) is -1.31. The maximum Gasteiger partial charge on any atom is 0.410 e. The van der Waals surface area contributed by atoms with Crippen molar-refractivity contribution in [2.75, 3.05) is 32.7 Å². The van der Waals surface area contributed by atoms with Gasteiger partial charge in [0.05, 0.1) is 0 Å². The number of ether oxygens (including phenoxy) is 3. The fraction of sp³-hybridized carbons (Fsp3) is 0.783. The third kappa shape index (κ3) is 15.7. The highest BCUT2D eigenvalue weighted by Gasteiger charge is 2.30. The van der Waals surface area contributed by atoms with Crippen molar-refractivity contribution in [2.45, 2.75) is 85.2 Å². The predicted molar refractivity (Wildman–Crippen MR) is 130 cm³/mol. The van der Waals surface area contributed by atoms with Crippen LogP contribution in [0.1, 0.15) is 62.3 Å². The number of carboxylic acids is 1. The zero-order valence-electron chi connectivity index (χ0n) is 22.8. The molecule has 1 unspecified atom stereocenters. The minimum absolute atomic E-state index is 0.0716. The first-order chi connectivity index (χ1) is 16.1. The maximum absolute atomic E-state index is 13.0. The van der Waals surface area contributed by atoms with Crippen LogP contribution in [0.25, 0.3) is 0 Å². The van der Waals surface area contributed by atoms with Gasteiger partial charge >= 0.3 is 24.1 Å². The summed E-state index contributed by atoms with van der Waals surface area (Å²) in [5.74, 6) is -2.94. The summed E-state index contributed by atoms with van der Waals surface area (Å²) in [6.07, 6.45) is -1.57. The topological polar surface area (TPSA) is 178 Å². The van der Waals surface area contributed by atoms with E-state index in [0.717, 1.165) is 9.80 Å². The Morgan fingerprint density at radius 1 is 0.806 bits per heavy atom. The van der Waals surface area contributed by atoms with Gasteiger partial charge in [-0.1, -0.05) is 0 Å². The van der Waals surface area contributed by atoms with Gasteiger partial charge in [0.15, 0.2) is 0 Å². The predicted octanol–water partition coefficient (Wildman–Crippen LogP) is 1.33. The van der Waals surface area contributed by atoms with Crippen molar-refractivity contribution in [3.8, 4) is 0 Å². The molecule has 0 aromatic carbocycles. The Labute approximate surface area is 212 Å². The first kappa shape index (κ1) is 32.9. The number of alkyl carbamates (subject to hydrolysis) is 1. The van der Waals surface area contributed by atoms with Crippen molar-refractivity contribution >= 4 is 30.0 Å². The van der Waals surface area contributed by atoms with Crippen LogP contribution in [0.2, 0.25) is 0 Å². The van der Waals surface area contributed by atoms with Crippen LogP contribution in [-0.2, 0) is 28.6 Å². The lowest BCUT2D eigenvalue weighted by Gasteiger charge is -2.30. The Morgan fingerprint density at radius 2 is 1.31 bits per heavy atom. The number of hydrogen-bond acceptors (Lipinski definition) is 9. The normalized spacial score (nSPS) is 12.7. The summed E-state index contributed by atoms with van der Waals surface area (Å²) in [7, 11) is 0. The van der Waals surface area contributed by atoms with Crippen LogP contribution in [-0.4, -0.2) is 101 Å². The molecule has 208 valence electrons. The van der Waals surface area contributed by atoms with Crippen molar-refractivity contribution in [3.63, 3.8) is 0 Å². The Balaban J connectivity index is 5.50. The lowest BCUT2D eigenvalue weighted by molar-refractivity contribution is -0.158. The van der Waals surface area contributed by atoms with Crippen molar-refractivity contribution < 1.29 is 43.3 Å². The quantitative estimate of drug-likeness (QED) is 0.282. The van der Waals surface area contributed by atoms with Gasteiger partial charge in [0, 0.05) is 19.6 Å². The number of nitrogens with two attached hydrogens (primary N) is 1. The Morgan fingerprint density at radius 3 is 1.75 bits per heavy atom. The van der Waals surface area contributed by atoms with Crippen molar-refractivity contribution in [1.82, 2.24) is 15.1 Å². The molecule has 0 spiro atoms. The molecule has 36 heavy (non-hydrogen) atoms. The van der Waals surface area contributed by atoms with Crippen LogP contribution in [0.3, 0.4) is 0 Å². The summed E-state index contributed by atoms with van der Waals surface area (Å²) >= 11 is 0. The SMILES string of the molecule is CC(C)(C)OC(=O)NCCN(CC(=O)N(CC(=O)O)CC(N)C(=O)OC(C)(C)C)C(=O)OC(C)(C)C. The second-order valence-electron chi connectivity index (χ2n) is 11.1. The molecule has 0 bridgehead atoms. The van der Waals surface area contributed by atoms with Crippen LogP contribution in [0.15, 0.2) is 0 Å². The van der Waals surface area contributed by atoms with E-state index in [9.17, 15) is 29.1 Å². The summed E-state index contributed by atoms with van der Waals surface area (Å²) in [5, 5.41) is 11.7. The molecule has 0 aliphatic rings. The lowest BCUT2D eigenvalue weighted by Crippen LogP contribution is -2.52. The number of esters is 1. The third-order valence-electron chi connectivity index (χ3n) is 3.83. The molecule has 4 N–H and O–H groups in total. The number of nitrogens with zero attached hydrogens (tertiary/aromatic N) is 2. The Kier molecular flexibility index (Phi) is 12.1. The van der Waals surface area contributed by atoms with E-state index in [4.69, 9.17) is 19.9 Å². The molecule has 0 saturated carbocycles. The number of rotatable bonds is 10. The molecule has 0 radical (unpaired) electrons. The molecular weight excluding hydrogens is 476 g/mol.